The van der Waals surface area contributed by atoms with E-state index in [1.54, 1.807) is 0 Å². The van der Waals surface area contributed by atoms with Gasteiger partial charge >= 0.3 is 0 Å². The van der Waals surface area contributed by atoms with Gasteiger partial charge in [0.1, 0.15) is 0 Å². The van der Waals surface area contributed by atoms with E-state index < -0.39 is 0 Å². The van der Waals surface area contributed by atoms with Crippen LogP contribution in [0.5, 0.6) is 0 Å². The van der Waals surface area contributed by atoms with Crippen molar-refractivity contribution < 1.29 is 44.1 Å². The molecule has 51 valence electrons. The molecule has 0 aliphatic heterocycles. The Hall–Kier alpha value is 0.462. The van der Waals surface area contributed by atoms with Crippen molar-refractivity contribution in [3.05, 3.63) is 35.1 Å². The van der Waals surface area contributed by atoms with Gasteiger partial charge in [0.15, 0.2) is 0 Å². The summed E-state index contributed by atoms with van der Waals surface area (Å²) >= 11 is 0. The minimum absolute atomic E-state index is 0. The summed E-state index contributed by atoms with van der Waals surface area (Å²) < 4.78 is 0. The number of nitrogens with one attached hydrogen (secondary N) is 1. The summed E-state index contributed by atoms with van der Waals surface area (Å²) in [5.74, 6) is 0. The average Bonchev–Trinajstić information content (AvgIpc) is 1.80. The fraction of sp³-hybridized carbons (Fsp3) is 0.250. The van der Waals surface area contributed by atoms with Gasteiger partial charge in [-0.3, -0.25) is 0 Å². The summed E-state index contributed by atoms with van der Waals surface area (Å²) in [6.07, 6.45) is 0. The van der Waals surface area contributed by atoms with Crippen molar-refractivity contribution >= 4 is 5.69 Å². The molecule has 1 nitrogen and oxygen atoms in total. The van der Waals surface area contributed by atoms with Gasteiger partial charge in [0.25, 0.3) is 0 Å². The first-order valence-corrected chi connectivity index (χ1v) is 2.99. The maximum Gasteiger partial charge on any atom is 0 e. The Morgan fingerprint density at radius 2 is 1.80 bits per heavy atom. The van der Waals surface area contributed by atoms with E-state index in [1.165, 1.54) is 0 Å². The maximum absolute atomic E-state index is 7.36. The average molecular weight is 347 g/mol. The Balaban J connectivity index is 0.000000810. The molecular formula is C8H10AcN-. The van der Waals surface area contributed by atoms with Crippen molar-refractivity contribution in [2.24, 2.45) is 0 Å². The molecule has 0 amide bonds. The van der Waals surface area contributed by atoms with Crippen LogP contribution in [0.1, 0.15) is 11.1 Å². The first-order valence-electron chi connectivity index (χ1n) is 2.99. The molecule has 0 saturated heterocycles. The number of aryl methyl sites for hydroxylation is 2. The number of rotatable bonds is 0. The predicted molar refractivity (Wildman–Crippen MR) is 39.9 cm³/mol. The summed E-state index contributed by atoms with van der Waals surface area (Å²) in [4.78, 5) is 0. The van der Waals surface area contributed by atoms with E-state index in [4.69, 9.17) is 5.73 Å². The zero-order valence-electron chi connectivity index (χ0n) is 6.31. The summed E-state index contributed by atoms with van der Waals surface area (Å²) in [6, 6.07) is 5.86. The van der Waals surface area contributed by atoms with Gasteiger partial charge < -0.3 is 5.73 Å². The van der Waals surface area contributed by atoms with E-state index in [0.29, 0.717) is 5.69 Å². The van der Waals surface area contributed by atoms with Crippen molar-refractivity contribution in [2.75, 3.05) is 0 Å². The van der Waals surface area contributed by atoms with Gasteiger partial charge in [-0.1, -0.05) is 29.3 Å². The Bertz CT molecular complexity index is 220. The molecule has 0 aliphatic carbocycles. The molecule has 2 heteroatoms. The molecular weight excluding hydrogens is 337 g/mol. The second kappa shape index (κ2) is 4.36. The summed E-state index contributed by atoms with van der Waals surface area (Å²) in [6.45, 7) is 3.94. The number of benzene rings is 1. The van der Waals surface area contributed by atoms with Crippen molar-refractivity contribution in [3.63, 3.8) is 0 Å². The maximum atomic E-state index is 7.36. The van der Waals surface area contributed by atoms with E-state index in [2.05, 4.69) is 0 Å². The third-order valence-corrected chi connectivity index (χ3v) is 1.39. The van der Waals surface area contributed by atoms with Crippen LogP contribution in [0.15, 0.2) is 18.2 Å². The molecule has 1 N–H and O–H groups in total. The topological polar surface area (TPSA) is 23.8 Å². The molecule has 0 unspecified atom stereocenters. The minimum Gasteiger partial charge on any atom is -0.698 e. The molecule has 0 heterocycles. The molecule has 0 saturated carbocycles. The van der Waals surface area contributed by atoms with Crippen molar-refractivity contribution in [2.45, 2.75) is 13.8 Å². The molecule has 0 bridgehead atoms. The molecule has 0 aromatic heterocycles. The third-order valence-electron chi connectivity index (χ3n) is 1.39. The van der Waals surface area contributed by atoms with Gasteiger partial charge in [0.2, 0.25) is 0 Å². The Morgan fingerprint density at radius 3 is 2.20 bits per heavy atom. The van der Waals surface area contributed by atoms with Crippen molar-refractivity contribution in [3.8, 4) is 0 Å². The van der Waals surface area contributed by atoms with Crippen molar-refractivity contribution in [1.29, 1.82) is 0 Å². The van der Waals surface area contributed by atoms with Crippen LogP contribution in [0.4, 0.5) is 5.69 Å². The molecule has 1 aromatic rings. The van der Waals surface area contributed by atoms with Gasteiger partial charge in [-0.2, -0.15) is 0 Å². The standard InChI is InChI=1S/C8H10N.Ac/c1-6-3-4-7(2)8(9)5-6;/h3-5,9H,1-2H3;/q-1;. The second-order valence-electron chi connectivity index (χ2n) is 2.32. The molecule has 0 atom stereocenters. The fourth-order valence-corrected chi connectivity index (χ4v) is 0.736. The van der Waals surface area contributed by atoms with E-state index >= 15 is 0 Å². The van der Waals surface area contributed by atoms with Gasteiger partial charge in [-0.05, 0) is 13.8 Å². The van der Waals surface area contributed by atoms with E-state index in [1.807, 2.05) is 32.0 Å². The molecule has 10 heavy (non-hydrogen) atoms. The van der Waals surface area contributed by atoms with Gasteiger partial charge in [-0.15, -0.1) is 5.69 Å². The van der Waals surface area contributed by atoms with Gasteiger partial charge in [0.05, 0.1) is 0 Å². The molecule has 1 rings (SSSR count). The van der Waals surface area contributed by atoms with Crippen LogP contribution in [-0.2, 0) is 0 Å². The van der Waals surface area contributed by atoms with E-state index in [0.717, 1.165) is 11.1 Å². The van der Waals surface area contributed by atoms with Crippen LogP contribution in [0.25, 0.3) is 5.73 Å². The molecule has 1 radical (unpaired) electrons. The van der Waals surface area contributed by atoms with Crippen LogP contribution < -0.4 is 0 Å². The van der Waals surface area contributed by atoms with Crippen LogP contribution in [-0.4, -0.2) is 0 Å². The first kappa shape index (κ1) is 10.5. The number of hydrogen-bond acceptors (Lipinski definition) is 0. The van der Waals surface area contributed by atoms with E-state index in [9.17, 15) is 0 Å². The van der Waals surface area contributed by atoms with Crippen LogP contribution in [0.3, 0.4) is 0 Å². The third kappa shape index (κ3) is 2.60. The predicted octanol–water partition coefficient (Wildman–Crippen LogP) is 2.99. The minimum atomic E-state index is 0. The van der Waals surface area contributed by atoms with Crippen LogP contribution >= 0.6 is 0 Å². The Kier molecular flexibility index (Phi) is 4.56. The fourth-order valence-electron chi connectivity index (χ4n) is 0.736. The Morgan fingerprint density at radius 1 is 1.20 bits per heavy atom. The summed E-state index contributed by atoms with van der Waals surface area (Å²) in [7, 11) is 0. The summed E-state index contributed by atoms with van der Waals surface area (Å²) in [5.41, 5.74) is 10.2. The second-order valence-corrected chi connectivity index (χ2v) is 2.32. The van der Waals surface area contributed by atoms with Crippen LogP contribution in [0.2, 0.25) is 0 Å². The summed E-state index contributed by atoms with van der Waals surface area (Å²) in [5, 5.41) is 0. The number of hydrogen-bond donors (Lipinski definition) is 0. The zero-order chi connectivity index (χ0) is 6.85. The molecule has 0 fully saturated rings. The van der Waals surface area contributed by atoms with Gasteiger partial charge in [-0.25, -0.2) is 0 Å². The Labute approximate surface area is 97.6 Å². The zero-order valence-corrected chi connectivity index (χ0v) is 11.1. The monoisotopic (exact) mass is 347 g/mol. The van der Waals surface area contributed by atoms with Crippen molar-refractivity contribution in [1.82, 2.24) is 0 Å². The molecule has 1 aromatic carbocycles. The first-order chi connectivity index (χ1) is 4.20. The largest absolute Gasteiger partial charge is 0.698 e. The quantitative estimate of drug-likeness (QED) is 0.689. The molecule has 0 aliphatic rings. The smallest absolute Gasteiger partial charge is 0 e. The SMILES string of the molecule is Cc1ccc(C)c([NH-])c1.[Ac]. The van der Waals surface area contributed by atoms with Gasteiger partial charge in [0, 0.05) is 44.1 Å². The van der Waals surface area contributed by atoms with Crippen LogP contribution in [0, 0.1) is 57.9 Å². The molecule has 0 spiro atoms. The van der Waals surface area contributed by atoms with E-state index in [-0.39, 0.29) is 44.1 Å². The normalized spacial score (nSPS) is 8.60.